The fraction of sp³-hybridized carbons (Fsp3) is 0.259. The van der Waals surface area contributed by atoms with E-state index in [1.165, 1.54) is 12.1 Å². The van der Waals surface area contributed by atoms with E-state index in [9.17, 15) is 14.1 Å². The molecule has 6 nitrogen and oxygen atoms in total. The van der Waals surface area contributed by atoms with Crippen LogP contribution in [0.5, 0.6) is 23.0 Å². The summed E-state index contributed by atoms with van der Waals surface area (Å²) in [5.74, 6) is 1.84. The van der Waals surface area contributed by atoms with Crippen molar-refractivity contribution in [2.24, 2.45) is 0 Å². The van der Waals surface area contributed by atoms with E-state index >= 15 is 0 Å². The van der Waals surface area contributed by atoms with E-state index in [0.717, 1.165) is 5.56 Å². The van der Waals surface area contributed by atoms with E-state index in [4.69, 9.17) is 14.2 Å². The molecule has 0 aliphatic carbocycles. The Balaban J connectivity index is 1.69. The lowest BCUT2D eigenvalue weighted by molar-refractivity contribution is 0.210. The van der Waals surface area contributed by atoms with Gasteiger partial charge < -0.3 is 23.9 Å². The van der Waals surface area contributed by atoms with Crippen molar-refractivity contribution in [3.8, 4) is 23.0 Å². The lowest BCUT2D eigenvalue weighted by Crippen LogP contribution is -2.27. The Morgan fingerprint density at radius 2 is 1.76 bits per heavy atom. The molecule has 10 heteroatoms. The van der Waals surface area contributed by atoms with Crippen LogP contribution in [0.1, 0.15) is 25.0 Å². The first kappa shape index (κ1) is 29.2. The predicted molar refractivity (Wildman–Crippen MR) is 152 cm³/mol. The van der Waals surface area contributed by atoms with Crippen molar-refractivity contribution in [3.63, 3.8) is 0 Å². The number of hydrogen-bond donors (Lipinski definition) is 2. The third-order valence-corrected chi connectivity index (χ3v) is 8.04. The minimum atomic E-state index is -2.85. The number of aromatic hydroxyl groups is 1. The monoisotopic (exact) mass is 655 g/mol. The van der Waals surface area contributed by atoms with Crippen LogP contribution >= 0.6 is 39.2 Å². The Morgan fingerprint density at radius 1 is 1.11 bits per heavy atom. The molecular formula is C27H29Br2FNO5P. The second-order valence-electron chi connectivity index (χ2n) is 8.54. The number of nitrogens with one attached hydrogen (secondary N) is 1. The van der Waals surface area contributed by atoms with Gasteiger partial charge in [0, 0.05) is 18.6 Å². The largest absolute Gasteiger partial charge is 0.508 e. The van der Waals surface area contributed by atoms with Gasteiger partial charge in [-0.1, -0.05) is 18.7 Å². The molecule has 0 amide bonds. The maximum absolute atomic E-state index is 13.2. The quantitative estimate of drug-likeness (QED) is 0.151. The van der Waals surface area contributed by atoms with E-state index in [0.29, 0.717) is 50.5 Å². The molecule has 0 aliphatic rings. The van der Waals surface area contributed by atoms with Crippen LogP contribution in [0.3, 0.4) is 0 Å². The van der Waals surface area contributed by atoms with E-state index in [-0.39, 0.29) is 24.0 Å². The van der Waals surface area contributed by atoms with E-state index in [1.807, 2.05) is 13.8 Å². The first-order valence-electron chi connectivity index (χ1n) is 11.5. The fourth-order valence-corrected chi connectivity index (χ4v) is 6.19. The number of phenolic OH excluding ortho intramolecular Hbond substituents is 1. The van der Waals surface area contributed by atoms with Crippen molar-refractivity contribution in [2.45, 2.75) is 26.3 Å². The van der Waals surface area contributed by atoms with Gasteiger partial charge >= 0.3 is 0 Å². The molecule has 3 aromatic rings. The van der Waals surface area contributed by atoms with Gasteiger partial charge in [-0.25, -0.2) is 4.39 Å². The number of hydrogen-bond acceptors (Lipinski definition) is 5. The number of benzene rings is 3. The van der Waals surface area contributed by atoms with Gasteiger partial charge in [0.2, 0.25) is 0 Å². The van der Waals surface area contributed by atoms with Crippen LogP contribution in [0, 0.1) is 5.82 Å². The Kier molecular flexibility index (Phi) is 10.2. The third-order valence-electron chi connectivity index (χ3n) is 5.31. The summed E-state index contributed by atoms with van der Waals surface area (Å²) in [6.07, 6.45) is 0.389. The summed E-state index contributed by atoms with van der Waals surface area (Å²) in [4.78, 5) is 0. The highest BCUT2D eigenvalue weighted by Gasteiger charge is 2.22. The lowest BCUT2D eigenvalue weighted by Gasteiger charge is -2.22. The van der Waals surface area contributed by atoms with Gasteiger partial charge in [-0.2, -0.15) is 0 Å². The second kappa shape index (κ2) is 13.0. The molecule has 3 aromatic carbocycles. The SMILES string of the molecule is C=C(OCC)[C@H](C)NP(C)(=O)COc1cc(Br)c(Oc2ccc(O)c(Cc3ccc(F)cc3)c2)c(Br)c1. The van der Waals surface area contributed by atoms with Crippen molar-refractivity contribution in [3.05, 3.63) is 92.8 Å². The summed E-state index contributed by atoms with van der Waals surface area (Å²) in [7, 11) is -2.85. The summed E-state index contributed by atoms with van der Waals surface area (Å²) in [5, 5.41) is 13.3. The minimum absolute atomic E-state index is 0.0272. The Hall–Kier alpha value is -2.32. The molecule has 37 heavy (non-hydrogen) atoms. The lowest BCUT2D eigenvalue weighted by atomic mass is 10.0. The van der Waals surface area contributed by atoms with Crippen LogP contribution in [0.25, 0.3) is 0 Å². The third kappa shape index (κ3) is 8.60. The van der Waals surface area contributed by atoms with E-state index in [1.54, 1.807) is 49.1 Å². The first-order valence-corrected chi connectivity index (χ1v) is 15.4. The molecule has 0 heterocycles. The highest BCUT2D eigenvalue weighted by Crippen LogP contribution is 2.43. The minimum Gasteiger partial charge on any atom is -0.508 e. The summed E-state index contributed by atoms with van der Waals surface area (Å²) < 4.78 is 44.7. The Labute approximate surface area is 233 Å². The van der Waals surface area contributed by atoms with Crippen molar-refractivity contribution in [2.75, 3.05) is 19.6 Å². The maximum Gasteiger partial charge on any atom is 0.181 e. The molecule has 0 spiro atoms. The number of halogens is 3. The van der Waals surface area contributed by atoms with Crippen molar-refractivity contribution in [1.29, 1.82) is 0 Å². The predicted octanol–water partition coefficient (Wildman–Crippen LogP) is 8.21. The van der Waals surface area contributed by atoms with Crippen molar-refractivity contribution >= 4 is 39.2 Å². The Bertz CT molecular complexity index is 1280. The standard InChI is InChI=1S/C27H29Br2FNO5P/c1-5-34-18(3)17(2)31-37(4,33)16-35-23-14-24(28)27(25(29)15-23)36-22-10-11-26(32)20(13-22)12-19-6-8-21(30)9-7-19/h6-11,13-15,17,32H,3,5,12,16H2,1-2,4H3,(H,31,33)/t17-,37?/m0/s1. The van der Waals surface area contributed by atoms with Gasteiger partial charge in [0.25, 0.3) is 0 Å². The topological polar surface area (TPSA) is 77.0 Å². The highest BCUT2D eigenvalue weighted by atomic mass is 79.9. The zero-order valence-electron chi connectivity index (χ0n) is 20.8. The molecule has 0 bridgehead atoms. The summed E-state index contributed by atoms with van der Waals surface area (Å²) in [5.41, 5.74) is 1.50. The van der Waals surface area contributed by atoms with E-state index < -0.39 is 7.29 Å². The Morgan fingerprint density at radius 3 is 2.38 bits per heavy atom. The van der Waals surface area contributed by atoms with Crippen LogP contribution in [0.4, 0.5) is 4.39 Å². The van der Waals surface area contributed by atoms with Gasteiger partial charge in [0.05, 0.1) is 21.6 Å². The van der Waals surface area contributed by atoms with Gasteiger partial charge in [-0.15, -0.1) is 0 Å². The molecule has 0 saturated carbocycles. The molecule has 3 rings (SSSR count). The molecule has 198 valence electrons. The summed E-state index contributed by atoms with van der Waals surface area (Å²) in [6, 6.07) is 14.2. The number of phenols is 1. The van der Waals surface area contributed by atoms with Crippen molar-refractivity contribution < 1.29 is 28.3 Å². The molecule has 0 radical (unpaired) electrons. The number of rotatable bonds is 12. The summed E-state index contributed by atoms with van der Waals surface area (Å²) in [6.45, 7) is 9.65. The zero-order chi connectivity index (χ0) is 27.2. The van der Waals surface area contributed by atoms with E-state index in [2.05, 4.69) is 43.5 Å². The molecule has 0 aliphatic heterocycles. The molecule has 0 aromatic heterocycles. The zero-order valence-corrected chi connectivity index (χ0v) is 24.8. The first-order chi connectivity index (χ1) is 17.5. The molecule has 2 atom stereocenters. The fourth-order valence-electron chi connectivity index (χ4n) is 3.45. The van der Waals surface area contributed by atoms with Crippen LogP contribution in [-0.4, -0.2) is 30.8 Å². The average Bonchev–Trinajstić information content (AvgIpc) is 2.83. The van der Waals surface area contributed by atoms with Crippen LogP contribution in [0.2, 0.25) is 0 Å². The average molecular weight is 657 g/mol. The van der Waals surface area contributed by atoms with Crippen LogP contribution in [-0.2, 0) is 15.7 Å². The molecule has 0 fully saturated rings. The normalized spacial score (nSPS) is 13.5. The highest BCUT2D eigenvalue weighted by molar-refractivity contribution is 9.11. The van der Waals surface area contributed by atoms with Crippen LogP contribution < -0.4 is 14.6 Å². The number of ether oxygens (including phenoxy) is 3. The van der Waals surface area contributed by atoms with Crippen molar-refractivity contribution in [1.82, 2.24) is 5.09 Å². The maximum atomic E-state index is 13.2. The van der Waals surface area contributed by atoms with Gasteiger partial charge in [-0.05, 0) is 93.7 Å². The van der Waals surface area contributed by atoms with Gasteiger partial charge in [0.15, 0.2) is 19.4 Å². The van der Waals surface area contributed by atoms with Gasteiger partial charge in [0.1, 0.15) is 28.8 Å². The summed E-state index contributed by atoms with van der Waals surface area (Å²) >= 11 is 7.03. The molecule has 0 saturated heterocycles. The second-order valence-corrected chi connectivity index (χ2v) is 13.0. The molecule has 2 N–H and O–H groups in total. The van der Waals surface area contributed by atoms with Gasteiger partial charge in [-0.3, -0.25) is 5.09 Å². The molecule has 1 unspecified atom stereocenters. The molecular weight excluding hydrogens is 628 g/mol. The van der Waals surface area contributed by atoms with Crippen LogP contribution in [0.15, 0.2) is 75.9 Å². The smallest absolute Gasteiger partial charge is 0.181 e.